The van der Waals surface area contributed by atoms with Gasteiger partial charge in [0.15, 0.2) is 5.82 Å². The molecule has 0 saturated carbocycles. The largest absolute Gasteiger partial charge is 0.361 e. The highest BCUT2D eigenvalue weighted by Crippen LogP contribution is 2.34. The molecule has 1 N–H and O–H groups in total. The maximum atomic E-state index is 13.1. The highest BCUT2D eigenvalue weighted by molar-refractivity contribution is 5.97. The Morgan fingerprint density at radius 2 is 2.32 bits per heavy atom. The molecule has 1 unspecified atom stereocenters. The number of rotatable bonds is 4. The first-order chi connectivity index (χ1) is 12.1. The summed E-state index contributed by atoms with van der Waals surface area (Å²) in [4.78, 5) is 14.9. The van der Waals surface area contributed by atoms with E-state index in [1.807, 2.05) is 19.9 Å². The van der Waals surface area contributed by atoms with Crippen LogP contribution in [0.1, 0.15) is 60.5 Å². The fourth-order valence-corrected chi connectivity index (χ4v) is 3.08. The second kappa shape index (κ2) is 6.11. The summed E-state index contributed by atoms with van der Waals surface area (Å²) in [6.07, 6.45) is 4.68. The van der Waals surface area contributed by atoms with Crippen LogP contribution in [-0.4, -0.2) is 52.9 Å². The first-order valence-corrected chi connectivity index (χ1v) is 8.19. The van der Waals surface area contributed by atoms with Crippen LogP contribution in [-0.2, 0) is 0 Å². The minimum Gasteiger partial charge on any atom is -0.361 e. The Labute approximate surface area is 143 Å². The molecule has 10 nitrogen and oxygen atoms in total. The molecule has 1 aliphatic rings. The summed E-state index contributed by atoms with van der Waals surface area (Å²) >= 11 is 0. The Morgan fingerprint density at radius 1 is 1.44 bits per heavy atom. The number of aromatic nitrogens is 7. The normalized spacial score (nSPS) is 17.6. The summed E-state index contributed by atoms with van der Waals surface area (Å²) < 4.78 is 6.79. The monoisotopic (exact) mass is 342 g/mol. The molecule has 0 aliphatic carbocycles. The van der Waals surface area contributed by atoms with Crippen LogP contribution in [0.25, 0.3) is 5.82 Å². The highest BCUT2D eigenvalue weighted by atomic mass is 16.5. The van der Waals surface area contributed by atoms with Crippen LogP contribution in [0.4, 0.5) is 0 Å². The van der Waals surface area contributed by atoms with Crippen molar-refractivity contribution < 1.29 is 9.32 Å². The van der Waals surface area contributed by atoms with Crippen LogP contribution in [0.2, 0.25) is 0 Å². The number of carbonyl (C=O) groups excluding carboxylic acids is 1. The van der Waals surface area contributed by atoms with Crippen LogP contribution in [0.15, 0.2) is 23.1 Å². The molecule has 0 radical (unpaired) electrons. The quantitative estimate of drug-likeness (QED) is 0.762. The molecule has 4 rings (SSSR count). The fraction of sp³-hybridized carbons (Fsp3) is 0.467. The van der Waals surface area contributed by atoms with Crippen molar-refractivity contribution in [2.75, 3.05) is 6.54 Å². The van der Waals surface area contributed by atoms with E-state index < -0.39 is 0 Å². The Morgan fingerprint density at radius 3 is 3.04 bits per heavy atom. The average Bonchev–Trinajstić information content (AvgIpc) is 3.41. The smallest absolute Gasteiger partial charge is 0.259 e. The van der Waals surface area contributed by atoms with E-state index in [1.54, 1.807) is 4.90 Å². The second-order valence-electron chi connectivity index (χ2n) is 6.35. The van der Waals surface area contributed by atoms with E-state index in [9.17, 15) is 4.79 Å². The van der Waals surface area contributed by atoms with Crippen LogP contribution in [0.3, 0.4) is 0 Å². The molecule has 0 aromatic carbocycles. The number of nitrogens with one attached hydrogen (secondary N) is 1. The van der Waals surface area contributed by atoms with Gasteiger partial charge in [0.2, 0.25) is 0 Å². The zero-order chi connectivity index (χ0) is 17.4. The standard InChI is InChI=1S/C15H18N8O2/c1-9(2)13-6-11(19-25-13)12-4-3-5-22(12)15(24)10-7-16-18-14(10)23-8-17-20-21-23/h6-9,12H,3-5H2,1-2H3,(H,16,18). The molecule has 1 saturated heterocycles. The topological polar surface area (TPSA) is 119 Å². The molecule has 4 heterocycles. The summed E-state index contributed by atoms with van der Waals surface area (Å²) in [7, 11) is 0. The number of tetrazole rings is 1. The molecule has 3 aromatic rings. The van der Waals surface area contributed by atoms with E-state index in [0.717, 1.165) is 24.3 Å². The van der Waals surface area contributed by atoms with Gasteiger partial charge in [0.25, 0.3) is 5.91 Å². The third-order valence-electron chi connectivity index (χ3n) is 4.40. The molecular formula is C15H18N8O2. The minimum absolute atomic E-state index is 0.0969. The van der Waals surface area contributed by atoms with Crippen LogP contribution < -0.4 is 0 Å². The maximum absolute atomic E-state index is 13.1. The lowest BCUT2D eigenvalue weighted by Gasteiger charge is -2.22. The molecule has 1 amide bonds. The number of aromatic amines is 1. The van der Waals surface area contributed by atoms with Gasteiger partial charge < -0.3 is 9.42 Å². The van der Waals surface area contributed by atoms with Crippen LogP contribution in [0, 0.1) is 0 Å². The Bertz CT molecular complexity index is 866. The van der Waals surface area contributed by atoms with Gasteiger partial charge in [-0.05, 0) is 23.3 Å². The first kappa shape index (κ1) is 15.5. The maximum Gasteiger partial charge on any atom is 0.259 e. The van der Waals surface area contributed by atoms with Gasteiger partial charge in [0.05, 0.1) is 12.2 Å². The predicted octanol–water partition coefficient (Wildman–Crippen LogP) is 1.47. The molecule has 0 bridgehead atoms. The second-order valence-corrected chi connectivity index (χ2v) is 6.35. The molecule has 10 heteroatoms. The molecule has 0 spiro atoms. The SMILES string of the molecule is CC(C)c1cc(C2CCCN2C(=O)c2cn[nH]c2-n2cnnn2)no1. The van der Waals surface area contributed by atoms with E-state index in [0.29, 0.717) is 17.9 Å². The van der Waals surface area contributed by atoms with Gasteiger partial charge in [-0.1, -0.05) is 19.0 Å². The van der Waals surface area contributed by atoms with Crippen molar-refractivity contribution in [3.05, 3.63) is 35.6 Å². The van der Waals surface area contributed by atoms with Gasteiger partial charge in [0.1, 0.15) is 23.3 Å². The van der Waals surface area contributed by atoms with E-state index in [2.05, 4.69) is 30.9 Å². The molecule has 130 valence electrons. The number of H-pyrrole nitrogens is 1. The Hall–Kier alpha value is -3.04. The number of hydrogen-bond acceptors (Lipinski definition) is 7. The zero-order valence-electron chi connectivity index (χ0n) is 14.0. The zero-order valence-corrected chi connectivity index (χ0v) is 14.0. The number of nitrogens with zero attached hydrogens (tertiary/aromatic N) is 7. The summed E-state index contributed by atoms with van der Waals surface area (Å²) in [5, 5.41) is 21.9. The predicted molar refractivity (Wildman–Crippen MR) is 84.9 cm³/mol. The average molecular weight is 342 g/mol. The number of amides is 1. The number of hydrogen-bond donors (Lipinski definition) is 1. The lowest BCUT2D eigenvalue weighted by atomic mass is 10.1. The van der Waals surface area contributed by atoms with Crippen molar-refractivity contribution in [2.45, 2.75) is 38.6 Å². The van der Waals surface area contributed by atoms with E-state index in [-0.39, 0.29) is 17.9 Å². The van der Waals surface area contributed by atoms with Gasteiger partial charge in [-0.25, -0.2) is 0 Å². The summed E-state index contributed by atoms with van der Waals surface area (Å²) in [5.74, 6) is 1.40. The third kappa shape index (κ3) is 2.69. The molecule has 1 aliphatic heterocycles. The Kier molecular flexibility index (Phi) is 3.79. The fourth-order valence-electron chi connectivity index (χ4n) is 3.08. The van der Waals surface area contributed by atoms with Gasteiger partial charge in [-0.3, -0.25) is 9.89 Å². The molecular weight excluding hydrogens is 324 g/mol. The van der Waals surface area contributed by atoms with Crippen LogP contribution >= 0.6 is 0 Å². The summed E-state index contributed by atoms with van der Waals surface area (Å²) in [6.45, 7) is 4.76. The first-order valence-electron chi connectivity index (χ1n) is 8.19. The minimum atomic E-state index is -0.129. The van der Waals surface area contributed by atoms with Crippen molar-refractivity contribution >= 4 is 5.91 Å². The van der Waals surface area contributed by atoms with E-state index >= 15 is 0 Å². The van der Waals surface area contributed by atoms with E-state index in [4.69, 9.17) is 4.52 Å². The highest BCUT2D eigenvalue weighted by Gasteiger charge is 2.34. The summed E-state index contributed by atoms with van der Waals surface area (Å²) in [5.41, 5.74) is 1.22. The van der Waals surface area contributed by atoms with Crippen molar-refractivity contribution in [2.24, 2.45) is 0 Å². The molecule has 25 heavy (non-hydrogen) atoms. The van der Waals surface area contributed by atoms with Crippen molar-refractivity contribution in [3.8, 4) is 5.82 Å². The lowest BCUT2D eigenvalue weighted by molar-refractivity contribution is 0.0730. The third-order valence-corrected chi connectivity index (χ3v) is 4.40. The van der Waals surface area contributed by atoms with Crippen molar-refractivity contribution in [3.63, 3.8) is 0 Å². The lowest BCUT2D eigenvalue weighted by Crippen LogP contribution is -2.31. The molecule has 1 fully saturated rings. The van der Waals surface area contributed by atoms with Gasteiger partial charge in [0, 0.05) is 18.5 Å². The van der Waals surface area contributed by atoms with Gasteiger partial charge in [-0.2, -0.15) is 9.78 Å². The molecule has 3 aromatic heterocycles. The van der Waals surface area contributed by atoms with Crippen molar-refractivity contribution in [1.29, 1.82) is 0 Å². The number of carbonyl (C=O) groups is 1. The van der Waals surface area contributed by atoms with Gasteiger partial charge in [-0.15, -0.1) is 5.10 Å². The van der Waals surface area contributed by atoms with Gasteiger partial charge >= 0.3 is 0 Å². The van der Waals surface area contributed by atoms with Crippen molar-refractivity contribution in [1.82, 2.24) is 40.5 Å². The number of likely N-dealkylation sites (tertiary alicyclic amines) is 1. The van der Waals surface area contributed by atoms with Crippen LogP contribution in [0.5, 0.6) is 0 Å². The Balaban J connectivity index is 1.62. The van der Waals surface area contributed by atoms with E-state index in [1.165, 1.54) is 17.2 Å². The summed E-state index contributed by atoms with van der Waals surface area (Å²) in [6, 6.07) is 1.85. The molecule has 1 atom stereocenters.